The lowest BCUT2D eigenvalue weighted by molar-refractivity contribution is 0.322. The molecule has 5 heteroatoms. The summed E-state index contributed by atoms with van der Waals surface area (Å²) in [4.78, 5) is 13.6. The van der Waals surface area contributed by atoms with E-state index in [-0.39, 0.29) is 6.54 Å². The minimum absolute atomic E-state index is 0.201. The SMILES string of the molecule is COc1ccc(CN=C=O)c(OC)c1OC. The van der Waals surface area contributed by atoms with Crippen molar-refractivity contribution >= 4 is 6.08 Å². The van der Waals surface area contributed by atoms with Crippen molar-refractivity contribution in [2.45, 2.75) is 6.54 Å². The van der Waals surface area contributed by atoms with Crippen LogP contribution in [0.1, 0.15) is 5.56 Å². The average molecular weight is 223 g/mol. The third kappa shape index (κ3) is 2.32. The molecular weight excluding hydrogens is 210 g/mol. The molecule has 0 spiro atoms. The number of isocyanates is 1. The van der Waals surface area contributed by atoms with Crippen molar-refractivity contribution < 1.29 is 19.0 Å². The van der Waals surface area contributed by atoms with Crippen LogP contribution < -0.4 is 14.2 Å². The second-order valence-electron chi connectivity index (χ2n) is 2.90. The molecule has 0 aliphatic heterocycles. The van der Waals surface area contributed by atoms with Gasteiger partial charge in [-0.05, 0) is 12.1 Å². The Bertz CT molecular complexity index is 411. The minimum Gasteiger partial charge on any atom is -0.493 e. The monoisotopic (exact) mass is 223 g/mol. The van der Waals surface area contributed by atoms with Crippen LogP contribution in [0.25, 0.3) is 0 Å². The fraction of sp³-hybridized carbons (Fsp3) is 0.364. The van der Waals surface area contributed by atoms with Gasteiger partial charge in [0, 0.05) is 5.56 Å². The average Bonchev–Trinajstić information content (AvgIpc) is 2.34. The van der Waals surface area contributed by atoms with Crippen molar-refractivity contribution in [3.05, 3.63) is 17.7 Å². The smallest absolute Gasteiger partial charge is 0.235 e. The molecule has 0 N–H and O–H groups in total. The maximum Gasteiger partial charge on any atom is 0.235 e. The molecule has 1 aromatic rings. The van der Waals surface area contributed by atoms with E-state index in [0.29, 0.717) is 17.2 Å². The summed E-state index contributed by atoms with van der Waals surface area (Å²) in [6.45, 7) is 0.201. The van der Waals surface area contributed by atoms with Crippen molar-refractivity contribution in [2.75, 3.05) is 21.3 Å². The summed E-state index contributed by atoms with van der Waals surface area (Å²) in [6.07, 6.45) is 1.48. The van der Waals surface area contributed by atoms with E-state index in [4.69, 9.17) is 14.2 Å². The van der Waals surface area contributed by atoms with Gasteiger partial charge in [-0.1, -0.05) is 0 Å². The zero-order valence-corrected chi connectivity index (χ0v) is 9.44. The summed E-state index contributed by atoms with van der Waals surface area (Å²) >= 11 is 0. The number of carbonyl (C=O) groups excluding carboxylic acids is 1. The van der Waals surface area contributed by atoms with Crippen molar-refractivity contribution in [3.8, 4) is 17.2 Å². The molecule has 0 atom stereocenters. The number of aliphatic imine (C=N–C) groups is 1. The molecule has 0 saturated carbocycles. The highest BCUT2D eigenvalue weighted by Crippen LogP contribution is 2.39. The molecule has 1 aromatic carbocycles. The number of hydrogen-bond donors (Lipinski definition) is 0. The molecule has 0 bridgehead atoms. The Morgan fingerprint density at radius 1 is 1.12 bits per heavy atom. The highest BCUT2D eigenvalue weighted by atomic mass is 16.5. The van der Waals surface area contributed by atoms with E-state index < -0.39 is 0 Å². The summed E-state index contributed by atoms with van der Waals surface area (Å²) in [5.74, 6) is 1.57. The van der Waals surface area contributed by atoms with Gasteiger partial charge in [0.1, 0.15) is 0 Å². The number of hydrogen-bond acceptors (Lipinski definition) is 5. The summed E-state index contributed by atoms with van der Waals surface area (Å²) in [6, 6.07) is 3.50. The normalized spacial score (nSPS) is 9.19. The van der Waals surface area contributed by atoms with E-state index in [1.54, 1.807) is 19.2 Å². The van der Waals surface area contributed by atoms with Crippen molar-refractivity contribution in [1.29, 1.82) is 0 Å². The predicted molar refractivity (Wildman–Crippen MR) is 57.9 cm³/mol. The summed E-state index contributed by atoms with van der Waals surface area (Å²) in [5, 5.41) is 0. The van der Waals surface area contributed by atoms with E-state index in [1.807, 2.05) is 0 Å². The first-order valence-electron chi connectivity index (χ1n) is 4.60. The fourth-order valence-corrected chi connectivity index (χ4v) is 1.41. The lowest BCUT2D eigenvalue weighted by Crippen LogP contribution is -1.98. The Kier molecular flexibility index (Phi) is 4.36. The molecule has 0 aromatic heterocycles. The first-order valence-corrected chi connectivity index (χ1v) is 4.60. The lowest BCUT2D eigenvalue weighted by atomic mass is 10.1. The Balaban J connectivity index is 3.24. The van der Waals surface area contributed by atoms with Gasteiger partial charge in [-0.2, -0.15) is 0 Å². The minimum atomic E-state index is 0.201. The van der Waals surface area contributed by atoms with Crippen LogP contribution in [0.3, 0.4) is 0 Å². The molecule has 1 rings (SSSR count). The summed E-state index contributed by atoms with van der Waals surface area (Å²) in [5.41, 5.74) is 0.739. The fourth-order valence-electron chi connectivity index (χ4n) is 1.41. The number of ether oxygens (including phenoxy) is 3. The molecule has 0 radical (unpaired) electrons. The molecule has 0 fully saturated rings. The van der Waals surface area contributed by atoms with Gasteiger partial charge in [0.15, 0.2) is 11.5 Å². The molecule has 0 heterocycles. The second kappa shape index (κ2) is 5.78. The van der Waals surface area contributed by atoms with Crippen molar-refractivity contribution in [1.82, 2.24) is 0 Å². The van der Waals surface area contributed by atoms with Crippen LogP contribution in [0, 0.1) is 0 Å². The largest absolute Gasteiger partial charge is 0.493 e. The van der Waals surface area contributed by atoms with Gasteiger partial charge in [0.2, 0.25) is 11.8 Å². The molecule has 0 aliphatic rings. The Hall–Kier alpha value is -2.00. The molecule has 0 aliphatic carbocycles. The topological polar surface area (TPSA) is 57.1 Å². The molecule has 0 saturated heterocycles. The Morgan fingerprint density at radius 2 is 1.81 bits per heavy atom. The zero-order chi connectivity index (χ0) is 12.0. The summed E-state index contributed by atoms with van der Waals surface area (Å²) < 4.78 is 15.5. The van der Waals surface area contributed by atoms with E-state index in [1.165, 1.54) is 20.3 Å². The van der Waals surface area contributed by atoms with Crippen LogP contribution in [0.15, 0.2) is 17.1 Å². The number of methoxy groups -OCH3 is 3. The summed E-state index contributed by atoms with van der Waals surface area (Å²) in [7, 11) is 4.58. The van der Waals surface area contributed by atoms with E-state index in [9.17, 15) is 4.79 Å². The van der Waals surface area contributed by atoms with E-state index in [0.717, 1.165) is 5.56 Å². The van der Waals surface area contributed by atoms with Crippen LogP contribution in [0.4, 0.5) is 0 Å². The van der Waals surface area contributed by atoms with Crippen LogP contribution in [-0.4, -0.2) is 27.4 Å². The number of nitrogens with zero attached hydrogens (tertiary/aromatic N) is 1. The van der Waals surface area contributed by atoms with Crippen LogP contribution in [0.2, 0.25) is 0 Å². The highest BCUT2D eigenvalue weighted by Gasteiger charge is 2.14. The quantitative estimate of drug-likeness (QED) is 0.561. The highest BCUT2D eigenvalue weighted by molar-refractivity contribution is 5.56. The Morgan fingerprint density at radius 3 is 2.31 bits per heavy atom. The van der Waals surface area contributed by atoms with E-state index in [2.05, 4.69) is 4.99 Å². The maximum absolute atomic E-state index is 10.1. The van der Waals surface area contributed by atoms with Crippen molar-refractivity contribution in [3.63, 3.8) is 0 Å². The van der Waals surface area contributed by atoms with E-state index >= 15 is 0 Å². The number of rotatable bonds is 5. The number of benzene rings is 1. The third-order valence-corrected chi connectivity index (χ3v) is 2.10. The Labute approximate surface area is 93.7 Å². The first-order chi connectivity index (χ1) is 7.78. The maximum atomic E-state index is 10.1. The molecule has 0 amide bonds. The van der Waals surface area contributed by atoms with Gasteiger partial charge in [-0.25, -0.2) is 9.79 Å². The van der Waals surface area contributed by atoms with Crippen molar-refractivity contribution in [2.24, 2.45) is 4.99 Å². The zero-order valence-electron chi connectivity index (χ0n) is 9.44. The van der Waals surface area contributed by atoms with Crippen LogP contribution in [0.5, 0.6) is 17.2 Å². The van der Waals surface area contributed by atoms with Gasteiger partial charge >= 0.3 is 0 Å². The van der Waals surface area contributed by atoms with Crippen LogP contribution in [-0.2, 0) is 11.3 Å². The third-order valence-electron chi connectivity index (χ3n) is 2.10. The molecular formula is C11H13NO4. The standard InChI is InChI=1S/C11H13NO4/c1-14-9-5-4-8(6-12-7-13)10(15-2)11(9)16-3/h4-5H,6H2,1-3H3. The van der Waals surface area contributed by atoms with Gasteiger partial charge in [-0.15, -0.1) is 0 Å². The second-order valence-corrected chi connectivity index (χ2v) is 2.90. The molecule has 86 valence electrons. The van der Waals surface area contributed by atoms with Gasteiger partial charge in [0.05, 0.1) is 27.9 Å². The van der Waals surface area contributed by atoms with Gasteiger partial charge in [0.25, 0.3) is 0 Å². The molecule has 5 nitrogen and oxygen atoms in total. The molecule has 0 unspecified atom stereocenters. The van der Waals surface area contributed by atoms with Gasteiger partial charge in [-0.3, -0.25) is 0 Å². The van der Waals surface area contributed by atoms with Gasteiger partial charge < -0.3 is 14.2 Å². The lowest BCUT2D eigenvalue weighted by Gasteiger charge is -2.14. The first kappa shape index (κ1) is 12.1. The predicted octanol–water partition coefficient (Wildman–Crippen LogP) is 1.55. The molecule has 16 heavy (non-hydrogen) atoms. The van der Waals surface area contributed by atoms with Crippen LogP contribution >= 0.6 is 0 Å².